The van der Waals surface area contributed by atoms with Crippen LogP contribution in [0.4, 0.5) is 0 Å². The maximum Gasteiger partial charge on any atom is 0.334 e. The van der Waals surface area contributed by atoms with E-state index in [4.69, 9.17) is 0 Å². The van der Waals surface area contributed by atoms with E-state index >= 15 is 0 Å². The standard InChI is InChI=1S/C16H22O12/c1-25-11(21)15(9(17)18,12(22)26-2)7-5-6-8-16(10(19)20,13(23)27-3)14(24)28-4/h5-8H2,1-4H3,(H,17,18)(H,19,20). The van der Waals surface area contributed by atoms with Crippen molar-refractivity contribution in [2.24, 2.45) is 10.8 Å². The molecule has 0 atom stereocenters. The van der Waals surface area contributed by atoms with E-state index in [2.05, 4.69) is 18.9 Å². The van der Waals surface area contributed by atoms with Crippen LogP contribution < -0.4 is 0 Å². The first-order valence-electron chi connectivity index (χ1n) is 7.83. The van der Waals surface area contributed by atoms with Crippen LogP contribution in [0.5, 0.6) is 0 Å². The normalized spacial score (nSPS) is 11.1. The quantitative estimate of drug-likeness (QED) is 0.192. The van der Waals surface area contributed by atoms with Gasteiger partial charge in [-0.05, 0) is 12.8 Å². The molecule has 0 spiro atoms. The fourth-order valence-electron chi connectivity index (χ4n) is 2.62. The summed E-state index contributed by atoms with van der Waals surface area (Å²) in [7, 11) is 3.53. The Morgan fingerprint density at radius 2 is 0.786 bits per heavy atom. The summed E-state index contributed by atoms with van der Waals surface area (Å²) in [6.07, 6.45) is -1.75. The SMILES string of the molecule is COC(=O)C(CCCCC(C(=O)O)(C(=O)OC)C(=O)OC)(C(=O)O)C(=O)OC. The first-order chi connectivity index (χ1) is 13.0. The van der Waals surface area contributed by atoms with Gasteiger partial charge < -0.3 is 29.2 Å². The predicted octanol–water partition coefficient (Wildman–Crippen LogP) is -0.619. The Balaban J connectivity index is 5.64. The van der Waals surface area contributed by atoms with Crippen LogP contribution in [0.15, 0.2) is 0 Å². The molecule has 0 aliphatic rings. The van der Waals surface area contributed by atoms with Crippen molar-refractivity contribution < 1.29 is 57.9 Å². The summed E-state index contributed by atoms with van der Waals surface area (Å²) in [5.41, 5.74) is -5.35. The van der Waals surface area contributed by atoms with Crippen molar-refractivity contribution in [1.82, 2.24) is 0 Å². The molecular weight excluding hydrogens is 384 g/mol. The summed E-state index contributed by atoms with van der Waals surface area (Å²) in [5.74, 6) is -9.16. The van der Waals surface area contributed by atoms with Gasteiger partial charge in [-0.15, -0.1) is 0 Å². The smallest absolute Gasteiger partial charge is 0.334 e. The Kier molecular flexibility index (Phi) is 9.07. The molecule has 0 aromatic carbocycles. The fourth-order valence-corrected chi connectivity index (χ4v) is 2.62. The van der Waals surface area contributed by atoms with Gasteiger partial charge in [0.05, 0.1) is 28.4 Å². The van der Waals surface area contributed by atoms with Crippen molar-refractivity contribution in [1.29, 1.82) is 0 Å². The number of methoxy groups -OCH3 is 4. The number of aliphatic carboxylic acids is 2. The van der Waals surface area contributed by atoms with Gasteiger partial charge in [0.2, 0.25) is 0 Å². The van der Waals surface area contributed by atoms with Gasteiger partial charge in [0.15, 0.2) is 0 Å². The molecule has 2 N–H and O–H groups in total. The molecule has 0 saturated heterocycles. The summed E-state index contributed by atoms with van der Waals surface area (Å²) in [6.45, 7) is 0. The number of carboxylic acid groups (broad SMARTS) is 2. The maximum atomic E-state index is 11.9. The number of ether oxygens (including phenoxy) is 4. The minimum atomic E-state index is -2.67. The molecule has 0 saturated carbocycles. The summed E-state index contributed by atoms with van der Waals surface area (Å²) in [5, 5.41) is 18.8. The Bertz CT molecular complexity index is 562. The van der Waals surface area contributed by atoms with Crippen molar-refractivity contribution in [2.75, 3.05) is 28.4 Å². The minimum absolute atomic E-state index is 0.250. The molecule has 12 heteroatoms. The largest absolute Gasteiger partial charge is 0.480 e. The van der Waals surface area contributed by atoms with Crippen LogP contribution >= 0.6 is 0 Å². The second-order valence-corrected chi connectivity index (χ2v) is 5.59. The summed E-state index contributed by atoms with van der Waals surface area (Å²) in [6, 6.07) is 0. The van der Waals surface area contributed by atoms with Crippen LogP contribution in [-0.4, -0.2) is 74.5 Å². The van der Waals surface area contributed by atoms with Crippen molar-refractivity contribution in [3.63, 3.8) is 0 Å². The van der Waals surface area contributed by atoms with E-state index in [0.717, 1.165) is 28.4 Å². The highest BCUT2D eigenvalue weighted by Gasteiger charge is 2.57. The number of esters is 4. The third-order valence-corrected chi connectivity index (χ3v) is 4.22. The van der Waals surface area contributed by atoms with Crippen molar-refractivity contribution in [2.45, 2.75) is 25.7 Å². The average molecular weight is 406 g/mol. The summed E-state index contributed by atoms with van der Waals surface area (Å²) >= 11 is 0. The third-order valence-electron chi connectivity index (χ3n) is 4.22. The van der Waals surface area contributed by atoms with E-state index in [0.29, 0.717) is 0 Å². The van der Waals surface area contributed by atoms with E-state index < -0.39 is 59.5 Å². The Labute approximate surface area is 159 Å². The predicted molar refractivity (Wildman–Crippen MR) is 86.7 cm³/mol. The lowest BCUT2D eigenvalue weighted by molar-refractivity contribution is -0.183. The minimum Gasteiger partial charge on any atom is -0.480 e. The van der Waals surface area contributed by atoms with Gasteiger partial charge >= 0.3 is 35.8 Å². The molecule has 0 aromatic rings. The van der Waals surface area contributed by atoms with Crippen LogP contribution in [0.2, 0.25) is 0 Å². The Hall–Kier alpha value is -3.18. The van der Waals surface area contributed by atoms with Gasteiger partial charge in [0.1, 0.15) is 0 Å². The van der Waals surface area contributed by atoms with Crippen LogP contribution in [-0.2, 0) is 47.7 Å². The van der Waals surface area contributed by atoms with Crippen LogP contribution in [0.1, 0.15) is 25.7 Å². The van der Waals surface area contributed by atoms with E-state index in [9.17, 15) is 39.0 Å². The second kappa shape index (κ2) is 10.2. The monoisotopic (exact) mass is 406 g/mol. The lowest BCUT2D eigenvalue weighted by atomic mass is 9.79. The van der Waals surface area contributed by atoms with Gasteiger partial charge in [-0.2, -0.15) is 0 Å². The van der Waals surface area contributed by atoms with Gasteiger partial charge in [-0.25, -0.2) is 0 Å². The van der Waals surface area contributed by atoms with Gasteiger partial charge in [0.25, 0.3) is 10.8 Å². The molecule has 0 fully saturated rings. The molecule has 12 nitrogen and oxygen atoms in total. The zero-order chi connectivity index (χ0) is 22.1. The molecule has 0 heterocycles. The van der Waals surface area contributed by atoms with Crippen LogP contribution in [0.3, 0.4) is 0 Å². The van der Waals surface area contributed by atoms with Crippen LogP contribution in [0.25, 0.3) is 0 Å². The lowest BCUT2D eigenvalue weighted by Crippen LogP contribution is -2.49. The zero-order valence-corrected chi connectivity index (χ0v) is 15.8. The number of carbonyl (C=O) groups excluding carboxylic acids is 4. The molecule has 0 aliphatic heterocycles. The molecule has 158 valence electrons. The molecule has 0 bridgehead atoms. The molecule has 0 amide bonds. The van der Waals surface area contributed by atoms with Crippen molar-refractivity contribution in [3.8, 4) is 0 Å². The van der Waals surface area contributed by atoms with Crippen molar-refractivity contribution in [3.05, 3.63) is 0 Å². The first kappa shape index (κ1) is 24.8. The Morgan fingerprint density at radius 3 is 0.929 bits per heavy atom. The molecular formula is C16H22O12. The van der Waals surface area contributed by atoms with Gasteiger partial charge in [0, 0.05) is 0 Å². The van der Waals surface area contributed by atoms with E-state index in [-0.39, 0.29) is 12.8 Å². The molecule has 0 rings (SSSR count). The Morgan fingerprint density at radius 1 is 0.571 bits per heavy atom. The highest BCUT2D eigenvalue weighted by molar-refractivity contribution is 6.18. The van der Waals surface area contributed by atoms with Crippen LogP contribution in [0, 0.1) is 10.8 Å². The number of carboxylic acids is 2. The molecule has 0 aliphatic carbocycles. The lowest BCUT2D eigenvalue weighted by Gasteiger charge is -2.25. The van der Waals surface area contributed by atoms with E-state index in [1.165, 1.54) is 0 Å². The van der Waals surface area contributed by atoms with Gasteiger partial charge in [-0.1, -0.05) is 12.8 Å². The van der Waals surface area contributed by atoms with E-state index in [1.54, 1.807) is 0 Å². The molecule has 0 radical (unpaired) electrons. The first-order valence-corrected chi connectivity index (χ1v) is 7.83. The fraction of sp³-hybridized carbons (Fsp3) is 0.625. The maximum absolute atomic E-state index is 11.9. The number of unbranched alkanes of at least 4 members (excludes halogenated alkanes) is 1. The number of carbonyl (C=O) groups is 6. The van der Waals surface area contributed by atoms with Gasteiger partial charge in [-0.3, -0.25) is 28.8 Å². The topological polar surface area (TPSA) is 180 Å². The number of rotatable bonds is 11. The second-order valence-electron chi connectivity index (χ2n) is 5.59. The highest BCUT2D eigenvalue weighted by Crippen LogP contribution is 2.33. The number of hydrogen-bond donors (Lipinski definition) is 2. The zero-order valence-electron chi connectivity index (χ0n) is 15.8. The number of hydrogen-bond acceptors (Lipinski definition) is 10. The average Bonchev–Trinajstić information content (AvgIpc) is 2.68. The summed E-state index contributed by atoms with van der Waals surface area (Å²) in [4.78, 5) is 70.9. The molecule has 28 heavy (non-hydrogen) atoms. The third kappa shape index (κ3) is 4.38. The van der Waals surface area contributed by atoms with E-state index in [1.807, 2.05) is 0 Å². The summed E-state index contributed by atoms with van der Waals surface area (Å²) < 4.78 is 17.5. The molecule has 0 aromatic heterocycles. The molecule has 0 unspecified atom stereocenters. The van der Waals surface area contributed by atoms with Crippen molar-refractivity contribution >= 4 is 35.8 Å². The highest BCUT2D eigenvalue weighted by atomic mass is 16.6.